The summed E-state index contributed by atoms with van der Waals surface area (Å²) in [6.07, 6.45) is 1.21. The summed E-state index contributed by atoms with van der Waals surface area (Å²) in [4.78, 5) is 15.3. The number of carbonyl (C=O) groups excluding carboxylic acids is 1. The molecule has 3 heterocycles. The predicted octanol–water partition coefficient (Wildman–Crippen LogP) is 2.39. The molecule has 2 fully saturated rings. The van der Waals surface area contributed by atoms with E-state index in [0.29, 0.717) is 11.3 Å². The van der Waals surface area contributed by atoms with Gasteiger partial charge < -0.3 is 4.90 Å². The van der Waals surface area contributed by atoms with Gasteiger partial charge in [0.2, 0.25) is 0 Å². The molecule has 4 heteroatoms. The molecule has 2 nitrogen and oxygen atoms in total. The van der Waals surface area contributed by atoms with Gasteiger partial charge in [-0.2, -0.15) is 11.8 Å². The monoisotopic (exact) mass is 239 g/mol. The summed E-state index contributed by atoms with van der Waals surface area (Å²) >= 11 is 3.60. The SMILES string of the molecule is Cc1ccsc1C(=O)N1CC2CC1CS2. The normalized spacial score (nSPS) is 28.7. The third-order valence-electron chi connectivity index (χ3n) is 3.22. The second-order valence-electron chi connectivity index (χ2n) is 4.24. The van der Waals surface area contributed by atoms with Crippen LogP contribution in [0.3, 0.4) is 0 Å². The minimum Gasteiger partial charge on any atom is -0.333 e. The van der Waals surface area contributed by atoms with Gasteiger partial charge in [0.15, 0.2) is 0 Å². The van der Waals surface area contributed by atoms with Gasteiger partial charge in [0.25, 0.3) is 5.91 Å². The summed E-state index contributed by atoms with van der Waals surface area (Å²) in [5, 5.41) is 2.71. The summed E-state index contributed by atoms with van der Waals surface area (Å²) in [5.41, 5.74) is 1.13. The van der Waals surface area contributed by atoms with Crippen LogP contribution in [0.15, 0.2) is 11.4 Å². The molecule has 1 aromatic heterocycles. The molecule has 0 aromatic carbocycles. The maximum absolute atomic E-state index is 12.2. The van der Waals surface area contributed by atoms with E-state index >= 15 is 0 Å². The molecular formula is C11H13NOS2. The number of likely N-dealkylation sites (tertiary alicyclic amines) is 1. The molecule has 2 atom stereocenters. The van der Waals surface area contributed by atoms with Gasteiger partial charge in [0.05, 0.1) is 4.88 Å². The first kappa shape index (κ1) is 9.73. The number of nitrogens with zero attached hydrogens (tertiary/aromatic N) is 1. The van der Waals surface area contributed by atoms with Gasteiger partial charge in [-0.05, 0) is 30.4 Å². The lowest BCUT2D eigenvalue weighted by atomic mass is 10.2. The highest BCUT2D eigenvalue weighted by atomic mass is 32.2. The largest absolute Gasteiger partial charge is 0.333 e. The molecule has 1 aromatic rings. The number of rotatable bonds is 1. The fraction of sp³-hybridized carbons (Fsp3) is 0.545. The lowest BCUT2D eigenvalue weighted by Crippen LogP contribution is -2.39. The smallest absolute Gasteiger partial charge is 0.264 e. The van der Waals surface area contributed by atoms with Crippen molar-refractivity contribution in [2.75, 3.05) is 12.3 Å². The first-order chi connectivity index (χ1) is 7.25. The van der Waals surface area contributed by atoms with Crippen LogP contribution < -0.4 is 0 Å². The minimum atomic E-state index is 0.260. The van der Waals surface area contributed by atoms with E-state index in [1.807, 2.05) is 30.1 Å². The fourth-order valence-electron chi connectivity index (χ4n) is 2.37. The molecule has 0 N–H and O–H groups in total. The summed E-state index contributed by atoms with van der Waals surface area (Å²) in [5.74, 6) is 1.40. The summed E-state index contributed by atoms with van der Waals surface area (Å²) < 4.78 is 0. The van der Waals surface area contributed by atoms with E-state index in [4.69, 9.17) is 0 Å². The van der Waals surface area contributed by atoms with Crippen molar-refractivity contribution in [3.8, 4) is 0 Å². The van der Waals surface area contributed by atoms with Crippen LogP contribution in [0.4, 0.5) is 0 Å². The molecule has 3 rings (SSSR count). The quantitative estimate of drug-likeness (QED) is 0.750. The number of fused-ring (bicyclic) bond motifs is 2. The third kappa shape index (κ3) is 1.51. The number of amides is 1. The van der Waals surface area contributed by atoms with E-state index in [2.05, 4.69) is 4.90 Å². The molecule has 80 valence electrons. The van der Waals surface area contributed by atoms with Crippen molar-refractivity contribution in [2.45, 2.75) is 24.6 Å². The second kappa shape index (κ2) is 3.52. The van der Waals surface area contributed by atoms with Gasteiger partial charge >= 0.3 is 0 Å². The molecule has 2 aliphatic heterocycles. The van der Waals surface area contributed by atoms with Crippen molar-refractivity contribution < 1.29 is 4.79 Å². The van der Waals surface area contributed by atoms with E-state index < -0.39 is 0 Å². The van der Waals surface area contributed by atoms with Gasteiger partial charge in [-0.1, -0.05) is 0 Å². The zero-order chi connectivity index (χ0) is 10.4. The zero-order valence-electron chi connectivity index (χ0n) is 8.60. The molecule has 0 spiro atoms. The molecule has 0 saturated carbocycles. The Morgan fingerprint density at radius 1 is 1.60 bits per heavy atom. The van der Waals surface area contributed by atoms with Crippen LogP contribution in [0, 0.1) is 6.92 Å². The van der Waals surface area contributed by atoms with Crippen molar-refractivity contribution in [1.82, 2.24) is 4.90 Å². The second-order valence-corrected chi connectivity index (χ2v) is 6.48. The highest BCUT2D eigenvalue weighted by Gasteiger charge is 2.41. The maximum Gasteiger partial charge on any atom is 0.264 e. The number of aryl methyl sites for hydroxylation is 1. The highest BCUT2D eigenvalue weighted by Crippen LogP contribution is 2.38. The molecule has 2 saturated heterocycles. The molecule has 0 aliphatic carbocycles. The fourth-order valence-corrected chi connectivity index (χ4v) is 4.69. The van der Waals surface area contributed by atoms with Crippen molar-refractivity contribution in [1.29, 1.82) is 0 Å². The van der Waals surface area contributed by atoms with E-state index in [1.165, 1.54) is 6.42 Å². The summed E-state index contributed by atoms with van der Waals surface area (Å²) in [7, 11) is 0. The Hall–Kier alpha value is -0.480. The van der Waals surface area contributed by atoms with Gasteiger partial charge in [0.1, 0.15) is 0 Å². The minimum absolute atomic E-state index is 0.260. The Labute approximate surface area is 97.7 Å². The first-order valence-electron chi connectivity index (χ1n) is 5.22. The number of hydrogen-bond donors (Lipinski definition) is 0. The van der Waals surface area contributed by atoms with Crippen LogP contribution in [0.1, 0.15) is 21.7 Å². The number of thioether (sulfide) groups is 1. The predicted molar refractivity (Wildman–Crippen MR) is 64.7 cm³/mol. The standard InChI is InChI=1S/C11H13NOS2/c1-7-2-3-14-10(7)11(13)12-5-9-4-8(12)6-15-9/h2-3,8-9H,4-6H2,1H3. The molecule has 2 unspecified atom stereocenters. The Morgan fingerprint density at radius 3 is 3.00 bits per heavy atom. The Kier molecular flexibility index (Phi) is 2.29. The van der Waals surface area contributed by atoms with Crippen molar-refractivity contribution in [3.63, 3.8) is 0 Å². The van der Waals surface area contributed by atoms with Gasteiger partial charge in [0, 0.05) is 23.6 Å². The highest BCUT2D eigenvalue weighted by molar-refractivity contribution is 8.00. The number of carbonyl (C=O) groups is 1. The molecular weight excluding hydrogens is 226 g/mol. The van der Waals surface area contributed by atoms with E-state index in [0.717, 1.165) is 22.7 Å². The Balaban J connectivity index is 1.84. The van der Waals surface area contributed by atoms with Crippen LogP contribution in [0.5, 0.6) is 0 Å². The van der Waals surface area contributed by atoms with Crippen LogP contribution in [0.2, 0.25) is 0 Å². The van der Waals surface area contributed by atoms with Crippen molar-refractivity contribution in [3.05, 3.63) is 21.9 Å². The van der Waals surface area contributed by atoms with Gasteiger partial charge in [-0.15, -0.1) is 11.3 Å². The average molecular weight is 239 g/mol. The summed E-state index contributed by atoms with van der Waals surface area (Å²) in [6.45, 7) is 2.98. The first-order valence-corrected chi connectivity index (χ1v) is 7.15. The van der Waals surface area contributed by atoms with Crippen molar-refractivity contribution >= 4 is 29.0 Å². The molecule has 15 heavy (non-hydrogen) atoms. The Morgan fingerprint density at radius 2 is 2.47 bits per heavy atom. The van der Waals surface area contributed by atoms with Crippen molar-refractivity contribution in [2.24, 2.45) is 0 Å². The van der Waals surface area contributed by atoms with Gasteiger partial charge in [-0.25, -0.2) is 0 Å². The van der Waals surface area contributed by atoms with E-state index in [-0.39, 0.29) is 5.91 Å². The third-order valence-corrected chi connectivity index (χ3v) is 5.61. The lowest BCUT2D eigenvalue weighted by molar-refractivity contribution is 0.0752. The maximum atomic E-state index is 12.2. The molecule has 1 amide bonds. The van der Waals surface area contributed by atoms with Crippen LogP contribution in [-0.2, 0) is 0 Å². The number of thiophene rings is 1. The molecule has 2 aliphatic rings. The molecule has 2 bridgehead atoms. The molecule has 0 radical (unpaired) electrons. The topological polar surface area (TPSA) is 20.3 Å². The van der Waals surface area contributed by atoms with Crippen LogP contribution in [0.25, 0.3) is 0 Å². The lowest BCUT2D eigenvalue weighted by Gasteiger charge is -2.26. The van der Waals surface area contributed by atoms with E-state index in [9.17, 15) is 4.79 Å². The summed E-state index contributed by atoms with van der Waals surface area (Å²) in [6, 6.07) is 2.54. The average Bonchev–Trinajstić information content (AvgIpc) is 2.91. The van der Waals surface area contributed by atoms with Crippen LogP contribution >= 0.6 is 23.1 Å². The van der Waals surface area contributed by atoms with Crippen LogP contribution in [-0.4, -0.2) is 34.4 Å². The van der Waals surface area contributed by atoms with Gasteiger partial charge in [-0.3, -0.25) is 4.79 Å². The Bertz CT molecular complexity index is 401. The number of hydrogen-bond acceptors (Lipinski definition) is 3. The zero-order valence-corrected chi connectivity index (χ0v) is 10.2. The van der Waals surface area contributed by atoms with E-state index in [1.54, 1.807) is 11.3 Å².